The third kappa shape index (κ3) is 3.94. The standard InChI is InChI=1S/C16H25N3O2/c1-12(2)18(11-14-5-4-8-17-10-14)15-7-6-13(3)9-16(15)19(20)21/h6-7,9,12,14,17H,4-5,8,10-11H2,1-3H3. The molecule has 1 aromatic rings. The van der Waals surface area contributed by atoms with E-state index in [0.29, 0.717) is 5.92 Å². The lowest BCUT2D eigenvalue weighted by atomic mass is 9.98. The maximum atomic E-state index is 11.4. The van der Waals surface area contributed by atoms with Gasteiger partial charge in [0, 0.05) is 18.7 Å². The SMILES string of the molecule is Cc1ccc(N(CC2CCCNC2)C(C)C)c([N+](=O)[O-])c1. The van der Waals surface area contributed by atoms with Crippen LogP contribution in [0.2, 0.25) is 0 Å². The molecular formula is C16H25N3O2. The normalized spacial score (nSPS) is 18.8. The van der Waals surface area contributed by atoms with E-state index in [1.54, 1.807) is 6.07 Å². The lowest BCUT2D eigenvalue weighted by Gasteiger charge is -2.34. The number of nitrogens with one attached hydrogen (secondary N) is 1. The molecule has 1 heterocycles. The average molecular weight is 291 g/mol. The van der Waals surface area contributed by atoms with E-state index in [1.165, 1.54) is 12.8 Å². The van der Waals surface area contributed by atoms with Crippen LogP contribution in [-0.2, 0) is 0 Å². The van der Waals surface area contributed by atoms with Gasteiger partial charge in [-0.2, -0.15) is 0 Å². The molecule has 1 aliphatic rings. The van der Waals surface area contributed by atoms with Gasteiger partial charge < -0.3 is 10.2 Å². The quantitative estimate of drug-likeness (QED) is 0.669. The van der Waals surface area contributed by atoms with Crippen molar-refractivity contribution in [2.75, 3.05) is 24.5 Å². The van der Waals surface area contributed by atoms with E-state index in [9.17, 15) is 10.1 Å². The molecule has 2 rings (SSSR count). The zero-order valence-corrected chi connectivity index (χ0v) is 13.1. The van der Waals surface area contributed by atoms with E-state index in [2.05, 4.69) is 24.1 Å². The van der Waals surface area contributed by atoms with E-state index in [-0.39, 0.29) is 16.7 Å². The zero-order valence-electron chi connectivity index (χ0n) is 13.1. The third-order valence-electron chi connectivity index (χ3n) is 4.11. The highest BCUT2D eigenvalue weighted by atomic mass is 16.6. The van der Waals surface area contributed by atoms with Gasteiger partial charge in [0.1, 0.15) is 5.69 Å². The van der Waals surface area contributed by atoms with Gasteiger partial charge in [-0.05, 0) is 64.3 Å². The summed E-state index contributed by atoms with van der Waals surface area (Å²) < 4.78 is 0. The summed E-state index contributed by atoms with van der Waals surface area (Å²) in [6, 6.07) is 5.76. The molecule has 21 heavy (non-hydrogen) atoms. The zero-order chi connectivity index (χ0) is 15.4. The van der Waals surface area contributed by atoms with Crippen molar-refractivity contribution in [3.05, 3.63) is 33.9 Å². The van der Waals surface area contributed by atoms with Gasteiger partial charge in [-0.25, -0.2) is 0 Å². The first-order valence-corrected chi connectivity index (χ1v) is 7.71. The molecule has 5 nitrogen and oxygen atoms in total. The maximum absolute atomic E-state index is 11.4. The number of nitro benzene ring substituents is 1. The van der Waals surface area contributed by atoms with Gasteiger partial charge in [-0.15, -0.1) is 0 Å². The van der Waals surface area contributed by atoms with Gasteiger partial charge in [0.15, 0.2) is 0 Å². The first kappa shape index (κ1) is 15.8. The van der Waals surface area contributed by atoms with E-state index in [4.69, 9.17) is 0 Å². The fourth-order valence-electron chi connectivity index (χ4n) is 2.97. The van der Waals surface area contributed by atoms with Crippen molar-refractivity contribution in [3.63, 3.8) is 0 Å². The van der Waals surface area contributed by atoms with Gasteiger partial charge in [-0.1, -0.05) is 6.07 Å². The van der Waals surface area contributed by atoms with E-state index < -0.39 is 0 Å². The molecule has 0 aromatic heterocycles. The van der Waals surface area contributed by atoms with Crippen LogP contribution < -0.4 is 10.2 Å². The summed E-state index contributed by atoms with van der Waals surface area (Å²) in [4.78, 5) is 13.3. The smallest absolute Gasteiger partial charge is 0.292 e. The van der Waals surface area contributed by atoms with E-state index in [0.717, 1.165) is 30.9 Å². The molecule has 1 atom stereocenters. The number of rotatable bonds is 5. The van der Waals surface area contributed by atoms with Crippen LogP contribution in [0.25, 0.3) is 0 Å². The third-order valence-corrected chi connectivity index (χ3v) is 4.11. The molecule has 0 aliphatic carbocycles. The molecule has 0 amide bonds. The summed E-state index contributed by atoms with van der Waals surface area (Å²) in [6.45, 7) is 9.04. The summed E-state index contributed by atoms with van der Waals surface area (Å²) in [6.07, 6.45) is 2.38. The van der Waals surface area contributed by atoms with Crippen molar-refractivity contribution in [1.29, 1.82) is 0 Å². The topological polar surface area (TPSA) is 58.4 Å². The number of nitro groups is 1. The van der Waals surface area contributed by atoms with Crippen molar-refractivity contribution < 1.29 is 4.92 Å². The van der Waals surface area contributed by atoms with Crippen LogP contribution in [0.1, 0.15) is 32.3 Å². The molecule has 5 heteroatoms. The van der Waals surface area contributed by atoms with Crippen LogP contribution in [0, 0.1) is 23.0 Å². The Bertz CT molecular complexity index is 496. The highest BCUT2D eigenvalue weighted by molar-refractivity contribution is 5.64. The fraction of sp³-hybridized carbons (Fsp3) is 0.625. The number of hydrogen-bond acceptors (Lipinski definition) is 4. The Hall–Kier alpha value is -1.62. The Balaban J connectivity index is 2.27. The van der Waals surface area contributed by atoms with Crippen molar-refractivity contribution in [2.45, 2.75) is 39.7 Å². The molecule has 0 saturated carbocycles. The fourth-order valence-corrected chi connectivity index (χ4v) is 2.97. The molecule has 1 aliphatic heterocycles. The lowest BCUT2D eigenvalue weighted by Crippen LogP contribution is -2.41. The van der Waals surface area contributed by atoms with Gasteiger partial charge >= 0.3 is 0 Å². The van der Waals surface area contributed by atoms with Crippen LogP contribution in [0.3, 0.4) is 0 Å². The number of piperidine rings is 1. The van der Waals surface area contributed by atoms with Crippen molar-refractivity contribution in [3.8, 4) is 0 Å². The average Bonchev–Trinajstić information content (AvgIpc) is 2.46. The molecule has 1 fully saturated rings. The number of benzene rings is 1. The highest BCUT2D eigenvalue weighted by Crippen LogP contribution is 2.31. The van der Waals surface area contributed by atoms with Crippen LogP contribution >= 0.6 is 0 Å². The van der Waals surface area contributed by atoms with Crippen LogP contribution in [0.15, 0.2) is 18.2 Å². The second kappa shape index (κ2) is 6.89. The molecule has 0 radical (unpaired) electrons. The number of hydrogen-bond donors (Lipinski definition) is 1. The molecule has 0 spiro atoms. The molecule has 116 valence electrons. The molecule has 0 bridgehead atoms. The monoisotopic (exact) mass is 291 g/mol. The Kier molecular flexibility index (Phi) is 5.17. The van der Waals surface area contributed by atoms with Crippen molar-refractivity contribution >= 4 is 11.4 Å². The van der Waals surface area contributed by atoms with Crippen molar-refractivity contribution in [1.82, 2.24) is 5.32 Å². The summed E-state index contributed by atoms with van der Waals surface area (Å²) in [7, 11) is 0. The molecule has 1 unspecified atom stereocenters. The first-order valence-electron chi connectivity index (χ1n) is 7.71. The van der Waals surface area contributed by atoms with Gasteiger partial charge in [0.25, 0.3) is 5.69 Å². The van der Waals surface area contributed by atoms with Crippen LogP contribution in [-0.4, -0.2) is 30.6 Å². The van der Waals surface area contributed by atoms with E-state index in [1.807, 2.05) is 19.1 Å². The lowest BCUT2D eigenvalue weighted by molar-refractivity contribution is -0.384. The summed E-state index contributed by atoms with van der Waals surface area (Å²) >= 11 is 0. The van der Waals surface area contributed by atoms with Crippen LogP contribution in [0.4, 0.5) is 11.4 Å². The largest absolute Gasteiger partial charge is 0.363 e. The van der Waals surface area contributed by atoms with E-state index >= 15 is 0 Å². The first-order chi connectivity index (χ1) is 9.99. The summed E-state index contributed by atoms with van der Waals surface area (Å²) in [5.41, 5.74) is 1.88. The minimum atomic E-state index is -0.267. The van der Waals surface area contributed by atoms with Gasteiger partial charge in [0.2, 0.25) is 0 Å². The Morgan fingerprint density at radius 1 is 1.48 bits per heavy atom. The molecule has 1 N–H and O–H groups in total. The second-order valence-electron chi connectivity index (χ2n) is 6.21. The molecular weight excluding hydrogens is 266 g/mol. The minimum Gasteiger partial charge on any atom is -0.363 e. The summed E-state index contributed by atoms with van der Waals surface area (Å²) in [5.74, 6) is 0.557. The van der Waals surface area contributed by atoms with Gasteiger partial charge in [-0.3, -0.25) is 10.1 Å². The number of anilines is 1. The maximum Gasteiger partial charge on any atom is 0.292 e. The predicted molar refractivity (Wildman–Crippen MR) is 85.9 cm³/mol. The second-order valence-corrected chi connectivity index (χ2v) is 6.21. The summed E-state index contributed by atoms with van der Waals surface area (Å²) in [5, 5.41) is 14.8. The highest BCUT2D eigenvalue weighted by Gasteiger charge is 2.25. The predicted octanol–water partition coefficient (Wildman–Crippen LogP) is 3.12. The van der Waals surface area contributed by atoms with Gasteiger partial charge in [0.05, 0.1) is 4.92 Å². The van der Waals surface area contributed by atoms with Crippen LogP contribution in [0.5, 0.6) is 0 Å². The number of nitrogens with zero attached hydrogens (tertiary/aromatic N) is 2. The molecule has 1 aromatic carbocycles. The Labute approximate surface area is 126 Å². The Morgan fingerprint density at radius 3 is 2.81 bits per heavy atom. The van der Waals surface area contributed by atoms with Crippen molar-refractivity contribution in [2.24, 2.45) is 5.92 Å². The minimum absolute atomic E-state index is 0.215. The number of aryl methyl sites for hydroxylation is 1. The molecule has 1 saturated heterocycles. The Morgan fingerprint density at radius 2 is 2.24 bits per heavy atom.